The minimum Gasteiger partial charge on any atom is -0.480 e. The van der Waals surface area contributed by atoms with Gasteiger partial charge in [-0.2, -0.15) is 0 Å². The van der Waals surface area contributed by atoms with Crippen molar-refractivity contribution in [2.75, 3.05) is 19.7 Å². The van der Waals surface area contributed by atoms with E-state index < -0.39 is 17.6 Å². The predicted molar refractivity (Wildman–Crippen MR) is 59.6 cm³/mol. The third kappa shape index (κ3) is 2.58. The third-order valence-electron chi connectivity index (χ3n) is 3.45. The van der Waals surface area contributed by atoms with Gasteiger partial charge in [-0.15, -0.1) is 0 Å². The molecule has 2 aliphatic rings. The zero-order valence-electron chi connectivity index (χ0n) is 9.70. The van der Waals surface area contributed by atoms with Gasteiger partial charge in [0.2, 0.25) is 0 Å². The largest absolute Gasteiger partial charge is 0.480 e. The lowest BCUT2D eigenvalue weighted by Gasteiger charge is -2.29. The number of carbonyl (C=O) groups excluding carboxylic acids is 1. The van der Waals surface area contributed by atoms with Gasteiger partial charge in [-0.25, -0.2) is 4.79 Å². The van der Waals surface area contributed by atoms with Gasteiger partial charge in [-0.3, -0.25) is 4.79 Å². The van der Waals surface area contributed by atoms with E-state index in [0.717, 1.165) is 19.4 Å². The highest BCUT2D eigenvalue weighted by atomic mass is 16.5. The van der Waals surface area contributed by atoms with Crippen LogP contribution in [0.5, 0.6) is 0 Å². The number of morpholine rings is 1. The number of carboxylic acids is 1. The van der Waals surface area contributed by atoms with E-state index in [1.165, 1.54) is 0 Å². The number of amides is 1. The Morgan fingerprint density at radius 2 is 2.06 bits per heavy atom. The molecule has 0 aromatic rings. The summed E-state index contributed by atoms with van der Waals surface area (Å²) in [5, 5.41) is 14.9. The van der Waals surface area contributed by atoms with Crippen molar-refractivity contribution in [3.63, 3.8) is 0 Å². The molecule has 3 N–H and O–H groups in total. The summed E-state index contributed by atoms with van der Waals surface area (Å²) in [6.45, 7) is 1.66. The van der Waals surface area contributed by atoms with Crippen molar-refractivity contribution >= 4 is 11.9 Å². The van der Waals surface area contributed by atoms with Crippen molar-refractivity contribution in [2.45, 2.75) is 37.3 Å². The molecule has 2 fully saturated rings. The Morgan fingerprint density at radius 3 is 2.59 bits per heavy atom. The zero-order valence-corrected chi connectivity index (χ0v) is 9.70. The molecule has 2 rings (SSSR count). The van der Waals surface area contributed by atoms with Gasteiger partial charge in [-0.05, 0) is 12.8 Å². The van der Waals surface area contributed by atoms with Crippen LogP contribution < -0.4 is 10.6 Å². The van der Waals surface area contributed by atoms with E-state index in [1.54, 1.807) is 0 Å². The maximum absolute atomic E-state index is 11.9. The number of carboxylic acid groups (broad SMARTS) is 1. The Labute approximate surface area is 99.7 Å². The predicted octanol–water partition coefficient (Wildman–Crippen LogP) is -0.512. The summed E-state index contributed by atoms with van der Waals surface area (Å²) >= 11 is 0. The molecule has 0 spiro atoms. The highest BCUT2D eigenvalue weighted by molar-refractivity contribution is 5.89. The first-order valence-electron chi connectivity index (χ1n) is 6.02. The maximum atomic E-state index is 11.9. The van der Waals surface area contributed by atoms with E-state index in [2.05, 4.69) is 10.6 Å². The highest BCUT2D eigenvalue weighted by Crippen LogP contribution is 2.30. The van der Waals surface area contributed by atoms with Crippen LogP contribution in [0, 0.1) is 0 Å². The van der Waals surface area contributed by atoms with E-state index in [0.29, 0.717) is 26.0 Å². The Balaban J connectivity index is 1.98. The Morgan fingerprint density at radius 1 is 1.35 bits per heavy atom. The van der Waals surface area contributed by atoms with Gasteiger partial charge in [0.05, 0.1) is 6.61 Å². The fraction of sp³-hybridized carbons (Fsp3) is 0.818. The molecule has 1 saturated heterocycles. The molecule has 1 aliphatic heterocycles. The van der Waals surface area contributed by atoms with Crippen LogP contribution in [0.4, 0.5) is 0 Å². The second kappa shape index (κ2) is 5.01. The molecule has 0 aromatic carbocycles. The summed E-state index contributed by atoms with van der Waals surface area (Å²) in [6, 6.07) is 0. The van der Waals surface area contributed by atoms with E-state index in [4.69, 9.17) is 4.74 Å². The highest BCUT2D eigenvalue weighted by Gasteiger charge is 2.43. The first-order valence-corrected chi connectivity index (χ1v) is 6.02. The first kappa shape index (κ1) is 12.3. The fourth-order valence-electron chi connectivity index (χ4n) is 2.42. The standard InChI is InChI=1S/C11H18N2O4/c14-9(8-7-12-5-6-17-8)13-11(10(15)16)3-1-2-4-11/h8,12H,1-7H2,(H,13,14)(H,15,16). The fourth-order valence-corrected chi connectivity index (χ4v) is 2.42. The lowest BCUT2D eigenvalue weighted by Crippen LogP contribution is -2.58. The Bertz CT molecular complexity index is 307. The minimum absolute atomic E-state index is 0.318. The van der Waals surface area contributed by atoms with Gasteiger partial charge in [0, 0.05) is 13.1 Å². The Hall–Kier alpha value is -1.14. The molecule has 1 unspecified atom stereocenters. The summed E-state index contributed by atoms with van der Waals surface area (Å²) in [5.74, 6) is -1.26. The molecule has 0 bridgehead atoms. The number of carbonyl (C=O) groups is 2. The molecule has 0 radical (unpaired) electrons. The summed E-state index contributed by atoms with van der Waals surface area (Å²) < 4.78 is 5.31. The number of hydrogen-bond donors (Lipinski definition) is 3. The molecule has 96 valence electrons. The third-order valence-corrected chi connectivity index (χ3v) is 3.45. The molecule has 0 aromatic heterocycles. The molecule has 1 aliphatic carbocycles. The van der Waals surface area contributed by atoms with E-state index in [-0.39, 0.29) is 5.91 Å². The SMILES string of the molecule is O=C(NC1(C(=O)O)CCCC1)C1CNCCO1. The molecule has 6 nitrogen and oxygen atoms in total. The summed E-state index contributed by atoms with van der Waals surface area (Å²) in [6.07, 6.45) is 2.13. The lowest BCUT2D eigenvalue weighted by molar-refractivity contribution is -0.150. The van der Waals surface area contributed by atoms with Gasteiger partial charge in [-0.1, -0.05) is 12.8 Å². The number of hydrogen-bond acceptors (Lipinski definition) is 4. The van der Waals surface area contributed by atoms with Crippen LogP contribution in [0.1, 0.15) is 25.7 Å². The zero-order chi connectivity index (χ0) is 12.3. The van der Waals surface area contributed by atoms with Crippen molar-refractivity contribution in [3.8, 4) is 0 Å². The molecule has 1 saturated carbocycles. The van der Waals surface area contributed by atoms with Crippen molar-refractivity contribution in [1.29, 1.82) is 0 Å². The molecule has 6 heteroatoms. The first-order chi connectivity index (χ1) is 8.14. The second-order valence-corrected chi connectivity index (χ2v) is 4.65. The van der Waals surface area contributed by atoms with Crippen LogP contribution >= 0.6 is 0 Å². The average molecular weight is 242 g/mol. The summed E-state index contributed by atoms with van der Waals surface area (Å²) in [4.78, 5) is 23.2. The number of aliphatic carboxylic acids is 1. The van der Waals surface area contributed by atoms with Gasteiger partial charge >= 0.3 is 5.97 Å². The molecule has 1 atom stereocenters. The molecule has 17 heavy (non-hydrogen) atoms. The number of ether oxygens (including phenoxy) is 1. The topological polar surface area (TPSA) is 87.7 Å². The van der Waals surface area contributed by atoms with E-state index in [9.17, 15) is 14.7 Å². The smallest absolute Gasteiger partial charge is 0.329 e. The minimum atomic E-state index is -1.07. The monoisotopic (exact) mass is 242 g/mol. The van der Waals surface area contributed by atoms with Crippen LogP contribution in [0.25, 0.3) is 0 Å². The maximum Gasteiger partial charge on any atom is 0.329 e. The van der Waals surface area contributed by atoms with Crippen molar-refractivity contribution in [1.82, 2.24) is 10.6 Å². The summed E-state index contributed by atoms with van der Waals surface area (Å²) in [7, 11) is 0. The van der Waals surface area contributed by atoms with Crippen LogP contribution in [0.15, 0.2) is 0 Å². The van der Waals surface area contributed by atoms with Crippen LogP contribution in [-0.2, 0) is 14.3 Å². The second-order valence-electron chi connectivity index (χ2n) is 4.65. The lowest BCUT2D eigenvalue weighted by atomic mass is 9.97. The van der Waals surface area contributed by atoms with E-state index in [1.807, 2.05) is 0 Å². The quantitative estimate of drug-likeness (QED) is 0.620. The van der Waals surface area contributed by atoms with Crippen LogP contribution in [-0.4, -0.2) is 48.3 Å². The van der Waals surface area contributed by atoms with Crippen LogP contribution in [0.2, 0.25) is 0 Å². The van der Waals surface area contributed by atoms with Gasteiger partial charge < -0.3 is 20.5 Å². The van der Waals surface area contributed by atoms with Crippen molar-refractivity contribution in [3.05, 3.63) is 0 Å². The van der Waals surface area contributed by atoms with Crippen LogP contribution in [0.3, 0.4) is 0 Å². The normalized spacial score (nSPS) is 27.6. The van der Waals surface area contributed by atoms with Gasteiger partial charge in [0.25, 0.3) is 5.91 Å². The van der Waals surface area contributed by atoms with Gasteiger partial charge in [0.1, 0.15) is 11.6 Å². The molecule has 1 heterocycles. The Kier molecular flexibility index (Phi) is 3.63. The molecular weight excluding hydrogens is 224 g/mol. The average Bonchev–Trinajstić information content (AvgIpc) is 2.80. The number of rotatable bonds is 3. The number of nitrogens with one attached hydrogen (secondary N) is 2. The van der Waals surface area contributed by atoms with Gasteiger partial charge in [0.15, 0.2) is 0 Å². The molecule has 1 amide bonds. The van der Waals surface area contributed by atoms with Crippen molar-refractivity contribution < 1.29 is 19.4 Å². The van der Waals surface area contributed by atoms with E-state index >= 15 is 0 Å². The summed E-state index contributed by atoms with van der Waals surface area (Å²) in [5.41, 5.74) is -1.07. The molecular formula is C11H18N2O4. The van der Waals surface area contributed by atoms with Crippen molar-refractivity contribution in [2.24, 2.45) is 0 Å².